The number of hydrogen-bond acceptors (Lipinski definition) is 4. The van der Waals surface area contributed by atoms with Crippen LogP contribution < -0.4 is 4.74 Å². The Hall–Kier alpha value is -4.58. The van der Waals surface area contributed by atoms with Crippen molar-refractivity contribution in [2.45, 2.75) is 52.4 Å². The van der Waals surface area contributed by atoms with Gasteiger partial charge in [0, 0.05) is 5.56 Å². The average molecular weight is 550 g/mol. The molecule has 4 aromatic carbocycles. The lowest BCUT2D eigenvalue weighted by molar-refractivity contribution is 0.0110. The minimum atomic E-state index is -0.971. The monoisotopic (exact) mass is 549 g/mol. The minimum Gasteiger partial charge on any atom is -0.484 e. The number of benzene rings is 4. The number of rotatable bonds is 6. The van der Waals surface area contributed by atoms with Crippen molar-refractivity contribution in [3.05, 3.63) is 119 Å². The number of fused-ring (bicyclic) bond motifs is 2. The maximum absolute atomic E-state index is 13.7. The fraction of sp³-hybridized carbons (Fsp3) is 0.257. The van der Waals surface area contributed by atoms with Gasteiger partial charge < -0.3 is 14.6 Å². The summed E-state index contributed by atoms with van der Waals surface area (Å²) in [7, 11) is 0. The second-order valence-electron chi connectivity index (χ2n) is 11.4. The zero-order valence-corrected chi connectivity index (χ0v) is 24.0. The quantitative estimate of drug-likeness (QED) is 0.263. The van der Waals surface area contributed by atoms with E-state index in [4.69, 9.17) is 9.47 Å². The van der Waals surface area contributed by atoms with E-state index in [1.54, 1.807) is 17.9 Å². The molecule has 41 heavy (non-hydrogen) atoms. The van der Waals surface area contributed by atoms with E-state index in [0.29, 0.717) is 11.3 Å². The van der Waals surface area contributed by atoms with Crippen LogP contribution in [0, 0.1) is 6.92 Å². The van der Waals surface area contributed by atoms with Crippen molar-refractivity contribution in [1.29, 1.82) is 0 Å². The smallest absolute Gasteiger partial charge is 0.410 e. The molecule has 0 fully saturated rings. The Morgan fingerprint density at radius 3 is 2.44 bits per heavy atom. The van der Waals surface area contributed by atoms with Crippen molar-refractivity contribution < 1.29 is 24.2 Å². The van der Waals surface area contributed by atoms with E-state index in [1.807, 2.05) is 94.4 Å². The van der Waals surface area contributed by atoms with Gasteiger partial charge in [0.1, 0.15) is 17.5 Å². The van der Waals surface area contributed by atoms with E-state index < -0.39 is 23.8 Å². The number of carbonyl (C=O) groups is 2. The molecule has 1 aliphatic heterocycles. The first kappa shape index (κ1) is 28.0. The highest BCUT2D eigenvalue weighted by atomic mass is 16.6. The second-order valence-corrected chi connectivity index (χ2v) is 11.4. The van der Waals surface area contributed by atoms with Gasteiger partial charge in [0.25, 0.3) is 0 Å². The van der Waals surface area contributed by atoms with Crippen molar-refractivity contribution in [3.63, 3.8) is 0 Å². The highest BCUT2D eigenvalue weighted by Crippen LogP contribution is 2.38. The van der Waals surface area contributed by atoms with Crippen molar-refractivity contribution >= 4 is 28.4 Å². The van der Waals surface area contributed by atoms with E-state index in [9.17, 15) is 14.7 Å². The number of carboxylic acid groups (broad SMARTS) is 1. The van der Waals surface area contributed by atoms with Crippen molar-refractivity contribution in [2.75, 3.05) is 6.54 Å². The predicted octanol–water partition coefficient (Wildman–Crippen LogP) is 8.04. The van der Waals surface area contributed by atoms with Crippen LogP contribution in [-0.4, -0.2) is 40.3 Å². The first-order valence-corrected chi connectivity index (χ1v) is 13.8. The van der Waals surface area contributed by atoms with Crippen molar-refractivity contribution in [1.82, 2.24) is 4.90 Å². The largest absolute Gasteiger partial charge is 0.484 e. The number of aryl methyl sites for hydroxylation is 1. The Bertz CT molecular complexity index is 1640. The zero-order chi connectivity index (χ0) is 29.3. The summed E-state index contributed by atoms with van der Waals surface area (Å²) in [6, 6.07) is 27.1. The van der Waals surface area contributed by atoms with Crippen LogP contribution >= 0.6 is 0 Å². The highest BCUT2D eigenvalue weighted by molar-refractivity contribution is 5.93. The minimum absolute atomic E-state index is 0.231. The molecule has 1 aliphatic rings. The highest BCUT2D eigenvalue weighted by Gasteiger charge is 2.32. The summed E-state index contributed by atoms with van der Waals surface area (Å²) in [5.74, 6) is -0.295. The molecule has 6 heteroatoms. The fourth-order valence-electron chi connectivity index (χ4n) is 5.31. The lowest BCUT2D eigenvalue weighted by Gasteiger charge is -2.35. The van der Waals surface area contributed by atoms with Crippen molar-refractivity contribution in [2.24, 2.45) is 0 Å². The van der Waals surface area contributed by atoms with Gasteiger partial charge >= 0.3 is 12.1 Å². The Labute approximate surface area is 240 Å². The SMILES string of the molecule is Cc1ccc(C2=CC(CN(C(=O)OC(C)(C)C)[C@H](C)c3cccc4ccccc34)Oc3ccccc32)cc1C(=O)O. The van der Waals surface area contributed by atoms with Gasteiger partial charge in [0.05, 0.1) is 18.2 Å². The summed E-state index contributed by atoms with van der Waals surface area (Å²) >= 11 is 0. The molecule has 0 bridgehead atoms. The third kappa shape index (κ3) is 5.97. The molecule has 0 aliphatic carbocycles. The first-order valence-electron chi connectivity index (χ1n) is 13.8. The normalized spacial score (nSPS) is 15.3. The van der Waals surface area contributed by atoms with E-state index in [-0.39, 0.29) is 18.2 Å². The Balaban J connectivity index is 1.57. The maximum atomic E-state index is 13.7. The molecule has 0 spiro atoms. The van der Waals surface area contributed by atoms with Gasteiger partial charge in [-0.25, -0.2) is 9.59 Å². The molecule has 1 amide bonds. The van der Waals surface area contributed by atoms with Crippen LogP contribution in [0.25, 0.3) is 16.3 Å². The molecule has 1 heterocycles. The zero-order valence-electron chi connectivity index (χ0n) is 24.0. The second kappa shape index (κ2) is 11.1. The summed E-state index contributed by atoms with van der Waals surface area (Å²) in [6.45, 7) is 9.59. The Kier molecular flexibility index (Phi) is 7.59. The van der Waals surface area contributed by atoms with E-state index >= 15 is 0 Å². The molecular weight excluding hydrogens is 514 g/mol. The molecule has 2 atom stereocenters. The number of hydrogen-bond donors (Lipinski definition) is 1. The topological polar surface area (TPSA) is 76.1 Å². The van der Waals surface area contributed by atoms with Gasteiger partial charge in [-0.2, -0.15) is 0 Å². The number of nitrogens with zero attached hydrogens (tertiary/aromatic N) is 1. The molecule has 0 radical (unpaired) electrons. The summed E-state index contributed by atoms with van der Waals surface area (Å²) in [5.41, 5.74) is 3.79. The van der Waals surface area contributed by atoms with Crippen LogP contribution in [0.15, 0.2) is 91.0 Å². The molecule has 4 aromatic rings. The lowest BCUT2D eigenvalue weighted by atomic mass is 9.91. The number of carbonyl (C=O) groups excluding carboxylic acids is 1. The Morgan fingerprint density at radius 1 is 0.976 bits per heavy atom. The van der Waals surface area contributed by atoms with Crippen LogP contribution in [0.3, 0.4) is 0 Å². The number of amides is 1. The van der Waals surface area contributed by atoms with E-state index in [2.05, 4.69) is 18.2 Å². The molecule has 1 N–H and O–H groups in total. The molecule has 0 aromatic heterocycles. The summed E-state index contributed by atoms with van der Waals surface area (Å²) < 4.78 is 12.3. The number of ether oxygens (including phenoxy) is 2. The molecule has 6 nitrogen and oxygen atoms in total. The third-order valence-corrected chi connectivity index (χ3v) is 7.33. The summed E-state index contributed by atoms with van der Waals surface area (Å²) in [4.78, 5) is 27.3. The maximum Gasteiger partial charge on any atom is 0.410 e. The Morgan fingerprint density at radius 2 is 1.68 bits per heavy atom. The van der Waals surface area contributed by atoms with Crippen LogP contribution in [0.2, 0.25) is 0 Å². The van der Waals surface area contributed by atoms with Gasteiger partial charge in [-0.1, -0.05) is 72.8 Å². The predicted molar refractivity (Wildman–Crippen MR) is 161 cm³/mol. The summed E-state index contributed by atoms with van der Waals surface area (Å²) in [6.07, 6.45) is 1.05. The van der Waals surface area contributed by atoms with Gasteiger partial charge in [0.15, 0.2) is 0 Å². The molecular formula is C35H35NO5. The molecule has 0 saturated heterocycles. The summed E-state index contributed by atoms with van der Waals surface area (Å²) in [5, 5.41) is 11.9. The first-order chi connectivity index (χ1) is 19.5. The molecule has 210 valence electrons. The molecule has 1 unspecified atom stereocenters. The van der Waals surface area contributed by atoms with E-state index in [0.717, 1.165) is 33.0 Å². The van der Waals surface area contributed by atoms with Crippen molar-refractivity contribution in [3.8, 4) is 5.75 Å². The van der Waals surface area contributed by atoms with Gasteiger partial charge in [-0.3, -0.25) is 4.90 Å². The fourth-order valence-corrected chi connectivity index (χ4v) is 5.31. The standard InChI is InChI=1S/C35H35NO5/c1-22-17-18-25(19-30(22)33(37)38)31-20-26(40-32-16-9-8-14-29(31)32)21-36(34(39)41-35(3,4)5)23(2)27-15-10-12-24-11-6-7-13-28(24)27/h6-20,23,26H,21H2,1-5H3,(H,37,38)/t23-,26?/m1/s1. The average Bonchev–Trinajstić information content (AvgIpc) is 2.94. The van der Waals surface area contributed by atoms with Crippen LogP contribution in [0.4, 0.5) is 4.79 Å². The number of aromatic carboxylic acids is 1. The van der Waals surface area contributed by atoms with Gasteiger partial charge in [-0.15, -0.1) is 0 Å². The van der Waals surface area contributed by atoms with Crippen LogP contribution in [0.5, 0.6) is 5.75 Å². The number of para-hydroxylation sites is 1. The van der Waals surface area contributed by atoms with Gasteiger partial charge in [0.2, 0.25) is 0 Å². The van der Waals surface area contributed by atoms with E-state index in [1.165, 1.54) is 0 Å². The van der Waals surface area contributed by atoms with Crippen LogP contribution in [-0.2, 0) is 4.74 Å². The molecule has 5 rings (SSSR count). The lowest BCUT2D eigenvalue weighted by Crippen LogP contribution is -2.44. The molecule has 0 saturated carbocycles. The van der Waals surface area contributed by atoms with Gasteiger partial charge in [-0.05, 0) is 85.9 Å². The number of carboxylic acids is 1. The third-order valence-electron chi connectivity index (χ3n) is 7.33. The van der Waals surface area contributed by atoms with Crippen LogP contribution in [0.1, 0.15) is 66.3 Å².